The maximum atomic E-state index is 11.8. The van der Waals surface area contributed by atoms with Crippen molar-refractivity contribution in [3.05, 3.63) is 11.6 Å². The Labute approximate surface area is 103 Å². The van der Waals surface area contributed by atoms with Crippen LogP contribution in [0.15, 0.2) is 11.6 Å². The minimum absolute atomic E-state index is 0.117. The number of rotatable bonds is 5. The van der Waals surface area contributed by atoms with E-state index in [2.05, 4.69) is 16.7 Å². The van der Waals surface area contributed by atoms with Crippen LogP contribution in [0.4, 0.5) is 0 Å². The largest absolute Gasteiger partial charge is 0.378 e. The van der Waals surface area contributed by atoms with Crippen molar-refractivity contribution in [2.24, 2.45) is 0 Å². The number of hydrogen-bond acceptors (Lipinski definition) is 3. The summed E-state index contributed by atoms with van der Waals surface area (Å²) in [6.07, 6.45) is 6.93. The van der Waals surface area contributed by atoms with Gasteiger partial charge in [0.25, 0.3) is 0 Å². The fourth-order valence-electron chi connectivity index (χ4n) is 2.42. The van der Waals surface area contributed by atoms with Gasteiger partial charge in [0.1, 0.15) is 0 Å². The molecule has 4 heteroatoms. The summed E-state index contributed by atoms with van der Waals surface area (Å²) in [4.78, 5) is 11.8. The highest BCUT2D eigenvalue weighted by Crippen LogP contribution is 2.37. The molecule has 0 radical (unpaired) electrons. The van der Waals surface area contributed by atoms with Crippen LogP contribution in [0.2, 0.25) is 0 Å². The van der Waals surface area contributed by atoms with Gasteiger partial charge in [-0.05, 0) is 32.2 Å². The molecule has 1 fully saturated rings. The maximum absolute atomic E-state index is 11.8. The summed E-state index contributed by atoms with van der Waals surface area (Å²) in [6.45, 7) is 2.64. The summed E-state index contributed by atoms with van der Waals surface area (Å²) in [6, 6.07) is 0. The zero-order valence-electron chi connectivity index (χ0n) is 10.6. The molecule has 2 aliphatic rings. The first-order valence-corrected chi connectivity index (χ1v) is 6.45. The van der Waals surface area contributed by atoms with E-state index in [9.17, 15) is 4.79 Å². The van der Waals surface area contributed by atoms with Crippen LogP contribution in [-0.2, 0) is 9.53 Å². The average molecular weight is 238 g/mol. The van der Waals surface area contributed by atoms with E-state index in [-0.39, 0.29) is 11.5 Å². The number of nitrogens with one attached hydrogen (secondary N) is 2. The molecule has 0 aromatic heterocycles. The van der Waals surface area contributed by atoms with Crippen LogP contribution in [0.5, 0.6) is 0 Å². The lowest BCUT2D eigenvalue weighted by Crippen LogP contribution is -2.44. The zero-order valence-corrected chi connectivity index (χ0v) is 10.6. The van der Waals surface area contributed by atoms with Gasteiger partial charge in [-0.1, -0.05) is 11.6 Å². The van der Waals surface area contributed by atoms with Crippen molar-refractivity contribution in [1.82, 2.24) is 10.6 Å². The highest BCUT2D eigenvalue weighted by atomic mass is 16.5. The topological polar surface area (TPSA) is 50.4 Å². The summed E-state index contributed by atoms with van der Waals surface area (Å²) in [5.74, 6) is 0.117. The van der Waals surface area contributed by atoms with Crippen LogP contribution in [-0.4, -0.2) is 38.3 Å². The van der Waals surface area contributed by atoms with Crippen molar-refractivity contribution in [1.29, 1.82) is 0 Å². The molecule has 1 aliphatic heterocycles. The SMILES string of the molecule is COC1(CC(=O)NCC2=CCNCC2)CCC1. The molecule has 4 nitrogen and oxygen atoms in total. The fraction of sp³-hybridized carbons (Fsp3) is 0.769. The van der Waals surface area contributed by atoms with E-state index in [0.717, 1.165) is 32.4 Å². The first-order chi connectivity index (χ1) is 8.24. The van der Waals surface area contributed by atoms with E-state index < -0.39 is 0 Å². The van der Waals surface area contributed by atoms with Crippen molar-refractivity contribution in [3.8, 4) is 0 Å². The number of amides is 1. The summed E-state index contributed by atoms with van der Waals surface area (Å²) in [5.41, 5.74) is 1.17. The lowest BCUT2D eigenvalue weighted by atomic mass is 9.77. The van der Waals surface area contributed by atoms with Crippen LogP contribution in [0.3, 0.4) is 0 Å². The Morgan fingerprint density at radius 3 is 2.94 bits per heavy atom. The van der Waals surface area contributed by atoms with Gasteiger partial charge in [-0.15, -0.1) is 0 Å². The standard InChI is InChI=1S/C13H22N2O2/c1-17-13(5-2-6-13)9-12(16)15-10-11-3-7-14-8-4-11/h3,14H,2,4-10H2,1H3,(H,15,16). The van der Waals surface area contributed by atoms with Crippen molar-refractivity contribution in [2.45, 2.75) is 37.7 Å². The van der Waals surface area contributed by atoms with E-state index in [0.29, 0.717) is 13.0 Å². The van der Waals surface area contributed by atoms with Gasteiger partial charge in [0.2, 0.25) is 5.91 Å². The molecule has 0 aromatic rings. The second-order valence-corrected chi connectivity index (χ2v) is 5.01. The minimum atomic E-state index is -0.160. The van der Waals surface area contributed by atoms with Gasteiger partial charge in [-0.25, -0.2) is 0 Å². The van der Waals surface area contributed by atoms with Crippen LogP contribution < -0.4 is 10.6 Å². The first kappa shape index (κ1) is 12.6. The molecule has 0 bridgehead atoms. The molecule has 0 saturated heterocycles. The lowest BCUT2D eigenvalue weighted by Gasteiger charge is -2.39. The van der Waals surface area contributed by atoms with Crippen LogP contribution in [0.25, 0.3) is 0 Å². The summed E-state index contributed by atoms with van der Waals surface area (Å²) in [5, 5.41) is 6.25. The Hall–Kier alpha value is -0.870. The van der Waals surface area contributed by atoms with Gasteiger partial charge in [0.15, 0.2) is 0 Å². The third-order valence-corrected chi connectivity index (χ3v) is 3.85. The molecule has 0 unspecified atom stereocenters. The third-order valence-electron chi connectivity index (χ3n) is 3.85. The van der Waals surface area contributed by atoms with Crippen molar-refractivity contribution in [2.75, 3.05) is 26.7 Å². The van der Waals surface area contributed by atoms with E-state index in [1.54, 1.807) is 7.11 Å². The summed E-state index contributed by atoms with van der Waals surface area (Å²) >= 11 is 0. The summed E-state index contributed by atoms with van der Waals surface area (Å²) in [7, 11) is 1.71. The second kappa shape index (κ2) is 5.65. The van der Waals surface area contributed by atoms with E-state index >= 15 is 0 Å². The predicted octanol–water partition coefficient (Wildman–Crippen LogP) is 0.981. The van der Waals surface area contributed by atoms with Crippen molar-refractivity contribution >= 4 is 5.91 Å². The normalized spacial score (nSPS) is 22.5. The van der Waals surface area contributed by atoms with Gasteiger partial charge >= 0.3 is 0 Å². The molecular formula is C13H22N2O2. The molecule has 1 amide bonds. The van der Waals surface area contributed by atoms with Gasteiger partial charge in [0.05, 0.1) is 12.0 Å². The number of carbonyl (C=O) groups excluding carboxylic acids is 1. The van der Waals surface area contributed by atoms with Gasteiger partial charge in [0, 0.05) is 20.2 Å². The Balaban J connectivity index is 1.72. The molecular weight excluding hydrogens is 216 g/mol. The van der Waals surface area contributed by atoms with Gasteiger partial charge in [-0.2, -0.15) is 0 Å². The van der Waals surface area contributed by atoms with Crippen LogP contribution in [0, 0.1) is 0 Å². The van der Waals surface area contributed by atoms with Gasteiger partial charge < -0.3 is 15.4 Å². The maximum Gasteiger partial charge on any atom is 0.223 e. The van der Waals surface area contributed by atoms with Crippen LogP contribution >= 0.6 is 0 Å². The molecule has 1 aliphatic carbocycles. The molecule has 0 aromatic carbocycles. The smallest absolute Gasteiger partial charge is 0.223 e. The monoisotopic (exact) mass is 238 g/mol. The second-order valence-electron chi connectivity index (χ2n) is 5.01. The average Bonchev–Trinajstić information content (AvgIpc) is 2.33. The van der Waals surface area contributed by atoms with E-state index in [1.165, 1.54) is 12.0 Å². The molecule has 0 spiro atoms. The fourth-order valence-corrected chi connectivity index (χ4v) is 2.42. The Bertz CT molecular complexity index is 303. The number of hydrogen-bond donors (Lipinski definition) is 2. The van der Waals surface area contributed by atoms with Crippen LogP contribution in [0.1, 0.15) is 32.1 Å². The summed E-state index contributed by atoms with van der Waals surface area (Å²) < 4.78 is 5.45. The Kier molecular flexibility index (Phi) is 4.18. The third kappa shape index (κ3) is 3.30. The molecule has 96 valence electrons. The zero-order chi connectivity index (χ0) is 12.1. The van der Waals surface area contributed by atoms with Crippen molar-refractivity contribution < 1.29 is 9.53 Å². The van der Waals surface area contributed by atoms with E-state index in [1.807, 2.05) is 0 Å². The number of ether oxygens (including phenoxy) is 1. The molecule has 2 rings (SSSR count). The quantitative estimate of drug-likeness (QED) is 0.702. The molecule has 1 saturated carbocycles. The van der Waals surface area contributed by atoms with E-state index in [4.69, 9.17) is 4.74 Å². The molecule has 0 atom stereocenters. The minimum Gasteiger partial charge on any atom is -0.378 e. The highest BCUT2D eigenvalue weighted by molar-refractivity contribution is 5.77. The number of carbonyl (C=O) groups is 1. The first-order valence-electron chi connectivity index (χ1n) is 6.45. The Morgan fingerprint density at radius 1 is 1.59 bits per heavy atom. The number of methoxy groups -OCH3 is 1. The predicted molar refractivity (Wildman–Crippen MR) is 66.8 cm³/mol. The molecule has 2 N–H and O–H groups in total. The van der Waals surface area contributed by atoms with Gasteiger partial charge in [-0.3, -0.25) is 4.79 Å². The highest BCUT2D eigenvalue weighted by Gasteiger charge is 2.38. The Morgan fingerprint density at radius 2 is 2.41 bits per heavy atom. The molecule has 17 heavy (non-hydrogen) atoms. The lowest BCUT2D eigenvalue weighted by molar-refractivity contribution is -0.134. The van der Waals surface area contributed by atoms with Crippen molar-refractivity contribution in [3.63, 3.8) is 0 Å². The molecule has 1 heterocycles.